The Balaban J connectivity index is 0.00000128. The molecular formula is C12H17ClN2O. The van der Waals surface area contributed by atoms with Crippen LogP contribution in [-0.4, -0.2) is 29.9 Å². The summed E-state index contributed by atoms with van der Waals surface area (Å²) in [6, 6.07) is 7.83. The van der Waals surface area contributed by atoms with Crippen LogP contribution in [0, 0.1) is 6.92 Å². The Hall–Kier alpha value is -1.06. The van der Waals surface area contributed by atoms with Gasteiger partial charge in [0.05, 0.1) is 0 Å². The van der Waals surface area contributed by atoms with E-state index in [0.717, 1.165) is 18.5 Å². The summed E-state index contributed by atoms with van der Waals surface area (Å²) in [7, 11) is 0. The number of carbonyl (C=O) groups excluding carboxylic acids is 1. The van der Waals surface area contributed by atoms with E-state index in [4.69, 9.17) is 5.73 Å². The zero-order valence-corrected chi connectivity index (χ0v) is 10.2. The maximum Gasteiger partial charge on any atom is 0.253 e. The fraction of sp³-hybridized carbons (Fsp3) is 0.417. The van der Waals surface area contributed by atoms with Gasteiger partial charge in [0.25, 0.3) is 5.91 Å². The molecule has 0 saturated carbocycles. The van der Waals surface area contributed by atoms with Crippen LogP contribution in [0.2, 0.25) is 0 Å². The molecule has 2 rings (SSSR count). The lowest BCUT2D eigenvalue weighted by Gasteiger charge is -2.15. The van der Waals surface area contributed by atoms with E-state index in [1.807, 2.05) is 36.1 Å². The molecular weight excluding hydrogens is 224 g/mol. The topological polar surface area (TPSA) is 46.3 Å². The van der Waals surface area contributed by atoms with Crippen LogP contribution in [0.15, 0.2) is 24.3 Å². The first-order valence-corrected chi connectivity index (χ1v) is 5.28. The largest absolute Gasteiger partial charge is 0.337 e. The molecule has 0 bridgehead atoms. The smallest absolute Gasteiger partial charge is 0.253 e. The number of aryl methyl sites for hydroxylation is 1. The molecule has 1 aromatic carbocycles. The number of nitrogens with zero attached hydrogens (tertiary/aromatic N) is 1. The zero-order chi connectivity index (χ0) is 10.8. The summed E-state index contributed by atoms with van der Waals surface area (Å²) in [5.41, 5.74) is 7.70. The first-order valence-electron chi connectivity index (χ1n) is 5.28. The number of rotatable bonds is 1. The van der Waals surface area contributed by atoms with E-state index in [2.05, 4.69) is 0 Å². The Morgan fingerprint density at radius 2 is 2.00 bits per heavy atom. The quantitative estimate of drug-likeness (QED) is 0.811. The van der Waals surface area contributed by atoms with Crippen molar-refractivity contribution in [3.63, 3.8) is 0 Å². The molecule has 1 heterocycles. The molecule has 0 spiro atoms. The van der Waals surface area contributed by atoms with Crippen molar-refractivity contribution in [2.75, 3.05) is 13.1 Å². The van der Waals surface area contributed by atoms with Gasteiger partial charge in [0.1, 0.15) is 0 Å². The van der Waals surface area contributed by atoms with Gasteiger partial charge in [0.15, 0.2) is 0 Å². The zero-order valence-electron chi connectivity index (χ0n) is 9.35. The van der Waals surface area contributed by atoms with Crippen molar-refractivity contribution in [2.24, 2.45) is 5.73 Å². The van der Waals surface area contributed by atoms with Crippen molar-refractivity contribution in [1.29, 1.82) is 0 Å². The lowest BCUT2D eigenvalue weighted by Crippen LogP contribution is -2.31. The Kier molecular flexibility index (Phi) is 4.33. The fourth-order valence-corrected chi connectivity index (χ4v) is 1.85. The van der Waals surface area contributed by atoms with Crippen LogP contribution in [0.25, 0.3) is 0 Å². The molecule has 0 unspecified atom stereocenters. The summed E-state index contributed by atoms with van der Waals surface area (Å²) in [5, 5.41) is 0. The van der Waals surface area contributed by atoms with E-state index in [9.17, 15) is 4.79 Å². The number of nitrogens with two attached hydrogens (primary N) is 1. The van der Waals surface area contributed by atoms with Crippen molar-refractivity contribution in [2.45, 2.75) is 19.4 Å². The van der Waals surface area contributed by atoms with Crippen molar-refractivity contribution in [1.82, 2.24) is 4.90 Å². The first kappa shape index (κ1) is 13.0. The van der Waals surface area contributed by atoms with Crippen LogP contribution in [0.5, 0.6) is 0 Å². The second-order valence-corrected chi connectivity index (χ2v) is 4.17. The molecule has 0 radical (unpaired) electrons. The van der Waals surface area contributed by atoms with E-state index in [1.165, 1.54) is 5.56 Å². The van der Waals surface area contributed by atoms with Crippen LogP contribution in [0.4, 0.5) is 0 Å². The van der Waals surface area contributed by atoms with Crippen LogP contribution >= 0.6 is 12.4 Å². The van der Waals surface area contributed by atoms with Gasteiger partial charge in [-0.2, -0.15) is 0 Å². The van der Waals surface area contributed by atoms with Crippen LogP contribution in [-0.2, 0) is 0 Å². The van der Waals surface area contributed by atoms with Crippen molar-refractivity contribution in [3.8, 4) is 0 Å². The third-order valence-corrected chi connectivity index (χ3v) is 2.81. The molecule has 0 aromatic heterocycles. The Bertz CT molecular complexity index is 364. The Morgan fingerprint density at radius 3 is 2.50 bits per heavy atom. The Labute approximate surface area is 102 Å². The van der Waals surface area contributed by atoms with E-state index in [1.54, 1.807) is 0 Å². The number of benzene rings is 1. The molecule has 1 amide bonds. The minimum Gasteiger partial charge on any atom is -0.337 e. The first-order chi connectivity index (χ1) is 7.16. The molecule has 1 aromatic rings. The minimum absolute atomic E-state index is 0. The molecule has 1 saturated heterocycles. The SMILES string of the molecule is Cc1ccc(C(=O)N2CC[C@@H](N)C2)cc1.Cl. The molecule has 1 aliphatic rings. The lowest BCUT2D eigenvalue weighted by molar-refractivity contribution is 0.0791. The number of hydrogen-bond acceptors (Lipinski definition) is 2. The second-order valence-electron chi connectivity index (χ2n) is 4.17. The van der Waals surface area contributed by atoms with Crippen molar-refractivity contribution in [3.05, 3.63) is 35.4 Å². The van der Waals surface area contributed by atoms with Gasteiger partial charge in [0.2, 0.25) is 0 Å². The number of carbonyl (C=O) groups is 1. The van der Waals surface area contributed by atoms with Crippen molar-refractivity contribution < 1.29 is 4.79 Å². The fourth-order valence-electron chi connectivity index (χ4n) is 1.85. The maximum absolute atomic E-state index is 12.0. The molecule has 3 nitrogen and oxygen atoms in total. The molecule has 88 valence electrons. The summed E-state index contributed by atoms with van der Waals surface area (Å²) in [6.45, 7) is 3.49. The highest BCUT2D eigenvalue weighted by molar-refractivity contribution is 5.94. The number of likely N-dealkylation sites (tertiary alicyclic amines) is 1. The van der Waals surface area contributed by atoms with Gasteiger partial charge in [-0.3, -0.25) is 4.79 Å². The van der Waals surface area contributed by atoms with E-state index in [-0.39, 0.29) is 24.4 Å². The molecule has 2 N–H and O–H groups in total. The monoisotopic (exact) mass is 240 g/mol. The summed E-state index contributed by atoms with van der Waals surface area (Å²) >= 11 is 0. The molecule has 4 heteroatoms. The van der Waals surface area contributed by atoms with Gasteiger partial charge >= 0.3 is 0 Å². The summed E-state index contributed by atoms with van der Waals surface area (Å²) in [5.74, 6) is 0.1000. The molecule has 0 aliphatic carbocycles. The normalized spacial score (nSPS) is 19.4. The number of amides is 1. The minimum atomic E-state index is 0. The van der Waals surface area contributed by atoms with E-state index in [0.29, 0.717) is 6.54 Å². The second kappa shape index (κ2) is 5.32. The lowest BCUT2D eigenvalue weighted by atomic mass is 10.1. The van der Waals surface area contributed by atoms with Gasteiger partial charge in [0, 0.05) is 24.7 Å². The van der Waals surface area contributed by atoms with Crippen molar-refractivity contribution >= 4 is 18.3 Å². The predicted octanol–water partition coefficient (Wildman–Crippen LogP) is 1.59. The summed E-state index contributed by atoms with van der Waals surface area (Å²) in [6.07, 6.45) is 0.914. The van der Waals surface area contributed by atoms with Gasteiger partial charge in [-0.05, 0) is 25.5 Å². The van der Waals surface area contributed by atoms with E-state index >= 15 is 0 Å². The number of halogens is 1. The van der Waals surface area contributed by atoms with Crippen LogP contribution in [0.1, 0.15) is 22.3 Å². The highest BCUT2D eigenvalue weighted by Crippen LogP contribution is 2.12. The highest BCUT2D eigenvalue weighted by Gasteiger charge is 2.24. The maximum atomic E-state index is 12.0. The Morgan fingerprint density at radius 1 is 1.38 bits per heavy atom. The van der Waals surface area contributed by atoms with Gasteiger partial charge in [-0.1, -0.05) is 17.7 Å². The highest BCUT2D eigenvalue weighted by atomic mass is 35.5. The van der Waals surface area contributed by atoms with Crippen LogP contribution < -0.4 is 5.73 Å². The van der Waals surface area contributed by atoms with Gasteiger partial charge in [-0.25, -0.2) is 0 Å². The number of hydrogen-bond donors (Lipinski definition) is 1. The molecule has 16 heavy (non-hydrogen) atoms. The standard InChI is InChI=1S/C12H16N2O.ClH/c1-9-2-4-10(5-3-9)12(15)14-7-6-11(13)8-14;/h2-5,11H,6-8,13H2,1H3;1H/t11-;/m1./s1. The third kappa shape index (κ3) is 2.74. The molecule has 1 aliphatic heterocycles. The van der Waals surface area contributed by atoms with Gasteiger partial charge in [-0.15, -0.1) is 12.4 Å². The summed E-state index contributed by atoms with van der Waals surface area (Å²) in [4.78, 5) is 13.8. The third-order valence-electron chi connectivity index (χ3n) is 2.81. The van der Waals surface area contributed by atoms with E-state index < -0.39 is 0 Å². The molecule has 1 atom stereocenters. The average Bonchev–Trinajstić information content (AvgIpc) is 2.65. The predicted molar refractivity (Wildman–Crippen MR) is 66.9 cm³/mol. The average molecular weight is 241 g/mol. The molecule has 1 fully saturated rings. The van der Waals surface area contributed by atoms with Crippen LogP contribution in [0.3, 0.4) is 0 Å². The summed E-state index contributed by atoms with van der Waals surface area (Å²) < 4.78 is 0. The van der Waals surface area contributed by atoms with Gasteiger partial charge < -0.3 is 10.6 Å².